The Hall–Kier alpha value is -1.56. The van der Waals surface area contributed by atoms with E-state index in [2.05, 4.69) is 26.5 Å². The summed E-state index contributed by atoms with van der Waals surface area (Å²) in [5.41, 5.74) is 3.06. The lowest BCUT2D eigenvalue weighted by molar-refractivity contribution is 0.0952. The Morgan fingerprint density at radius 3 is 2.71 bits per heavy atom. The number of hydrogen-bond donors (Lipinski definition) is 2. The fourth-order valence-electron chi connectivity index (χ4n) is 1.54. The van der Waals surface area contributed by atoms with Gasteiger partial charge >= 0.3 is 0 Å². The molecule has 2 aromatic rings. The van der Waals surface area contributed by atoms with Crippen LogP contribution in [0.1, 0.15) is 15.9 Å². The van der Waals surface area contributed by atoms with Crippen molar-refractivity contribution in [2.24, 2.45) is 5.10 Å². The van der Waals surface area contributed by atoms with Gasteiger partial charge in [-0.25, -0.2) is 5.43 Å². The van der Waals surface area contributed by atoms with Crippen molar-refractivity contribution in [1.29, 1.82) is 0 Å². The summed E-state index contributed by atoms with van der Waals surface area (Å²) in [6.07, 6.45) is 1.48. The molecule has 0 fully saturated rings. The molecule has 2 aromatic carbocycles. The van der Waals surface area contributed by atoms with Crippen LogP contribution in [0.15, 0.2) is 46.0 Å². The molecule has 0 saturated carbocycles. The van der Waals surface area contributed by atoms with Crippen molar-refractivity contribution < 1.29 is 9.90 Å². The third-order valence-corrected chi connectivity index (χ3v) is 3.78. The van der Waals surface area contributed by atoms with Crippen LogP contribution in [0.2, 0.25) is 10.0 Å². The Morgan fingerprint density at radius 1 is 1.29 bits per heavy atom. The second-order valence-electron chi connectivity index (χ2n) is 4.00. The van der Waals surface area contributed by atoms with Gasteiger partial charge in [-0.15, -0.1) is 0 Å². The summed E-state index contributed by atoms with van der Waals surface area (Å²) < 4.78 is 0.844. The number of rotatable bonds is 3. The molecule has 0 atom stereocenters. The van der Waals surface area contributed by atoms with E-state index in [4.69, 9.17) is 23.2 Å². The highest BCUT2D eigenvalue weighted by Gasteiger charge is 2.14. The number of phenols is 1. The predicted molar refractivity (Wildman–Crippen MR) is 87.3 cm³/mol. The third-order valence-electron chi connectivity index (χ3n) is 2.55. The molecule has 1 amide bonds. The molecule has 0 bridgehead atoms. The predicted octanol–water partition coefficient (Wildman–Crippen LogP) is 4.23. The summed E-state index contributed by atoms with van der Waals surface area (Å²) in [7, 11) is 0. The number of hydrogen-bond acceptors (Lipinski definition) is 3. The highest BCUT2D eigenvalue weighted by molar-refractivity contribution is 9.10. The molecule has 4 nitrogen and oxygen atoms in total. The van der Waals surface area contributed by atoms with Crippen LogP contribution in [0.25, 0.3) is 0 Å². The maximum absolute atomic E-state index is 11.9. The zero-order valence-electron chi connectivity index (χ0n) is 10.5. The van der Waals surface area contributed by atoms with Crippen LogP contribution in [0.5, 0.6) is 5.75 Å². The van der Waals surface area contributed by atoms with Crippen molar-refractivity contribution in [1.82, 2.24) is 5.43 Å². The quantitative estimate of drug-likeness (QED) is 0.611. The van der Waals surface area contributed by atoms with Gasteiger partial charge in [-0.2, -0.15) is 5.10 Å². The van der Waals surface area contributed by atoms with Gasteiger partial charge in [0, 0.05) is 15.1 Å². The lowest BCUT2D eigenvalue weighted by Gasteiger charge is -2.05. The van der Waals surface area contributed by atoms with E-state index < -0.39 is 5.91 Å². The molecule has 0 heterocycles. The van der Waals surface area contributed by atoms with Crippen LogP contribution < -0.4 is 5.43 Å². The van der Waals surface area contributed by atoms with E-state index in [9.17, 15) is 9.90 Å². The fourth-order valence-corrected chi connectivity index (χ4v) is 2.42. The molecule has 0 aliphatic carbocycles. The monoisotopic (exact) mass is 386 g/mol. The number of halogens is 3. The zero-order valence-corrected chi connectivity index (χ0v) is 13.6. The molecular weight excluding hydrogens is 379 g/mol. The Morgan fingerprint density at radius 2 is 2.00 bits per heavy atom. The van der Waals surface area contributed by atoms with Crippen molar-refractivity contribution in [2.45, 2.75) is 0 Å². The number of nitrogens with one attached hydrogen (secondary N) is 1. The smallest absolute Gasteiger partial charge is 0.275 e. The average Bonchev–Trinajstić information content (AvgIpc) is 2.44. The molecular formula is C14H9BrCl2N2O2. The zero-order chi connectivity index (χ0) is 15.4. The molecule has 0 radical (unpaired) electrons. The first-order valence-corrected chi connectivity index (χ1v) is 7.30. The number of phenolic OH excluding ortho intramolecular Hbond substituents is 1. The topological polar surface area (TPSA) is 61.7 Å². The van der Waals surface area contributed by atoms with Crippen molar-refractivity contribution in [2.75, 3.05) is 0 Å². The van der Waals surface area contributed by atoms with Crippen LogP contribution in [-0.4, -0.2) is 17.2 Å². The molecule has 2 rings (SSSR count). The number of carbonyl (C=O) groups excluding carboxylic acids is 1. The number of aromatic hydroxyl groups is 1. The summed E-state index contributed by atoms with van der Waals surface area (Å²) in [4.78, 5) is 11.9. The second-order valence-corrected chi connectivity index (χ2v) is 5.70. The number of carbonyl (C=O) groups is 1. The van der Waals surface area contributed by atoms with Gasteiger partial charge in [-0.1, -0.05) is 57.3 Å². The minimum atomic E-state index is -0.611. The fraction of sp³-hybridized carbons (Fsp3) is 0. The van der Waals surface area contributed by atoms with Gasteiger partial charge in [0.1, 0.15) is 5.75 Å². The van der Waals surface area contributed by atoms with Crippen molar-refractivity contribution in [3.8, 4) is 5.75 Å². The third kappa shape index (κ3) is 3.97. The molecule has 2 N–H and O–H groups in total. The first-order chi connectivity index (χ1) is 9.99. The molecule has 0 aliphatic rings. The van der Waals surface area contributed by atoms with Crippen molar-refractivity contribution in [3.05, 3.63) is 62.0 Å². The first-order valence-electron chi connectivity index (χ1n) is 5.75. The number of amides is 1. The summed E-state index contributed by atoms with van der Waals surface area (Å²) in [6.45, 7) is 0. The largest absolute Gasteiger partial charge is 0.506 e. The Kier molecular flexibility index (Phi) is 5.22. The maximum atomic E-state index is 11.9. The Labute approximate surface area is 139 Å². The molecule has 21 heavy (non-hydrogen) atoms. The molecule has 7 heteroatoms. The highest BCUT2D eigenvalue weighted by Crippen LogP contribution is 2.30. The van der Waals surface area contributed by atoms with Gasteiger partial charge in [0.05, 0.1) is 16.8 Å². The van der Waals surface area contributed by atoms with Gasteiger partial charge in [0.2, 0.25) is 0 Å². The molecule has 0 aliphatic heterocycles. The highest BCUT2D eigenvalue weighted by atomic mass is 79.9. The number of hydrazone groups is 1. The van der Waals surface area contributed by atoms with Gasteiger partial charge in [-0.3, -0.25) is 4.79 Å². The summed E-state index contributed by atoms with van der Waals surface area (Å²) in [5, 5.41) is 13.8. The minimum Gasteiger partial charge on any atom is -0.506 e. The van der Waals surface area contributed by atoms with Gasteiger partial charge in [0.25, 0.3) is 5.91 Å². The molecule has 0 saturated heterocycles. The van der Waals surface area contributed by atoms with E-state index in [1.165, 1.54) is 18.3 Å². The molecule has 0 unspecified atom stereocenters. The number of benzene rings is 2. The maximum Gasteiger partial charge on any atom is 0.275 e. The lowest BCUT2D eigenvalue weighted by atomic mass is 10.2. The summed E-state index contributed by atoms with van der Waals surface area (Å²) in [5.74, 6) is -0.949. The van der Waals surface area contributed by atoms with E-state index in [-0.39, 0.29) is 21.4 Å². The standard InChI is InChI=1S/C14H9BrCl2N2O2/c15-11-4-2-1-3-8(11)7-18-19-14(21)10-5-9(16)6-12(17)13(10)20/h1-7,20H,(H,19,21)/b18-7-. The van der Waals surface area contributed by atoms with Gasteiger partial charge < -0.3 is 5.11 Å². The van der Waals surface area contributed by atoms with E-state index in [1.807, 2.05) is 24.3 Å². The normalized spacial score (nSPS) is 10.8. The summed E-state index contributed by atoms with van der Waals surface area (Å²) >= 11 is 14.9. The molecule has 0 spiro atoms. The lowest BCUT2D eigenvalue weighted by Crippen LogP contribution is -2.17. The second kappa shape index (κ2) is 6.93. The molecule has 108 valence electrons. The number of nitrogens with zero attached hydrogens (tertiary/aromatic N) is 1. The van der Waals surface area contributed by atoms with Crippen molar-refractivity contribution >= 4 is 51.3 Å². The Bertz CT molecular complexity index is 720. The Balaban J connectivity index is 2.14. The van der Waals surface area contributed by atoms with E-state index in [0.717, 1.165) is 10.0 Å². The van der Waals surface area contributed by atoms with Crippen LogP contribution in [0.3, 0.4) is 0 Å². The van der Waals surface area contributed by atoms with Crippen LogP contribution in [0, 0.1) is 0 Å². The van der Waals surface area contributed by atoms with Crippen LogP contribution in [-0.2, 0) is 0 Å². The minimum absolute atomic E-state index is 0.00225. The SMILES string of the molecule is O=C(N/N=C\c1ccccc1Br)c1cc(Cl)cc(Cl)c1O. The van der Waals surface area contributed by atoms with Gasteiger partial charge in [0.15, 0.2) is 0 Å². The first kappa shape index (κ1) is 15.8. The van der Waals surface area contributed by atoms with Crippen LogP contribution in [0.4, 0.5) is 0 Å². The van der Waals surface area contributed by atoms with Gasteiger partial charge in [-0.05, 0) is 18.2 Å². The van der Waals surface area contributed by atoms with E-state index in [0.29, 0.717) is 0 Å². The van der Waals surface area contributed by atoms with Crippen LogP contribution >= 0.6 is 39.1 Å². The van der Waals surface area contributed by atoms with Crippen molar-refractivity contribution in [3.63, 3.8) is 0 Å². The molecule has 0 aromatic heterocycles. The van der Waals surface area contributed by atoms with E-state index >= 15 is 0 Å². The van der Waals surface area contributed by atoms with E-state index in [1.54, 1.807) is 0 Å². The average molecular weight is 388 g/mol. The summed E-state index contributed by atoms with van der Waals surface area (Å²) in [6, 6.07) is 10.0.